The quantitative estimate of drug-likeness (QED) is 0.531. The molecule has 3 heterocycles. The Morgan fingerprint density at radius 1 is 1.26 bits per heavy atom. The molecule has 138 valence electrons. The van der Waals surface area contributed by atoms with Crippen LogP contribution in [0, 0.1) is 0 Å². The molecule has 0 bridgehead atoms. The molecule has 0 spiro atoms. The van der Waals surface area contributed by atoms with E-state index >= 15 is 0 Å². The van der Waals surface area contributed by atoms with Gasteiger partial charge in [0, 0.05) is 23.5 Å². The Labute approximate surface area is 154 Å². The van der Waals surface area contributed by atoms with Crippen molar-refractivity contribution in [2.75, 3.05) is 7.11 Å². The molecule has 27 heavy (non-hydrogen) atoms. The molecule has 0 radical (unpaired) electrons. The van der Waals surface area contributed by atoms with Gasteiger partial charge in [0.25, 0.3) is 5.91 Å². The minimum absolute atomic E-state index is 0.132. The van der Waals surface area contributed by atoms with Gasteiger partial charge in [-0.15, -0.1) is 0 Å². The third kappa shape index (κ3) is 2.95. The van der Waals surface area contributed by atoms with E-state index in [1.807, 2.05) is 30.5 Å². The van der Waals surface area contributed by atoms with Crippen molar-refractivity contribution in [3.8, 4) is 0 Å². The average molecular weight is 367 g/mol. The van der Waals surface area contributed by atoms with Gasteiger partial charge in [-0.05, 0) is 17.7 Å². The van der Waals surface area contributed by atoms with E-state index in [2.05, 4.69) is 15.0 Å². The smallest absolute Gasteiger partial charge is 0.341 e. The monoisotopic (exact) mass is 367 g/mol. The summed E-state index contributed by atoms with van der Waals surface area (Å²) in [5, 5.41) is 3.71. The van der Waals surface area contributed by atoms with Crippen molar-refractivity contribution < 1.29 is 23.5 Å². The number of H-pyrrole nitrogens is 1. The molecule has 1 aliphatic rings. The first-order valence-corrected chi connectivity index (χ1v) is 8.40. The number of hydrogen-bond acceptors (Lipinski definition) is 5. The van der Waals surface area contributed by atoms with Gasteiger partial charge in [0.1, 0.15) is 17.4 Å². The lowest BCUT2D eigenvalue weighted by Crippen LogP contribution is -2.32. The predicted octanol–water partition coefficient (Wildman–Crippen LogP) is 2.21. The van der Waals surface area contributed by atoms with Crippen molar-refractivity contribution in [3.63, 3.8) is 0 Å². The number of carbonyl (C=O) groups is 3. The zero-order valence-electron chi connectivity index (χ0n) is 14.5. The Bertz CT molecular complexity index is 1030. The number of para-hydroxylation sites is 1. The predicted molar refractivity (Wildman–Crippen MR) is 94.9 cm³/mol. The lowest BCUT2D eigenvalue weighted by molar-refractivity contribution is -0.128. The molecule has 8 nitrogen and oxygen atoms in total. The Morgan fingerprint density at radius 2 is 2.07 bits per heavy atom. The molecule has 2 N–H and O–H groups in total. The van der Waals surface area contributed by atoms with E-state index in [4.69, 9.17) is 4.42 Å². The van der Waals surface area contributed by atoms with Gasteiger partial charge in [-0.25, -0.2) is 9.59 Å². The van der Waals surface area contributed by atoms with Crippen molar-refractivity contribution >= 4 is 28.8 Å². The van der Waals surface area contributed by atoms with Crippen LogP contribution in [0.15, 0.2) is 47.2 Å². The first-order chi connectivity index (χ1) is 13.1. The lowest BCUT2D eigenvalue weighted by Gasteiger charge is -2.12. The Balaban J connectivity index is 1.52. The standard InChI is InChI=1S/C19H17N3O5/c1-26-18(24)13-6-7-27-16(13)10-22-17(23)15(21-19(22)25)8-11-9-20-14-5-3-2-4-12(11)14/h2-7,9,15,20H,8,10H2,1H3,(H,21,25). The molecule has 2 aromatic heterocycles. The van der Waals surface area contributed by atoms with Crippen LogP contribution >= 0.6 is 0 Å². The van der Waals surface area contributed by atoms with Crippen molar-refractivity contribution in [2.24, 2.45) is 0 Å². The number of nitrogens with one attached hydrogen (secondary N) is 2. The first kappa shape index (κ1) is 16.9. The second kappa shape index (κ2) is 6.64. The molecule has 1 atom stereocenters. The molecular formula is C19H17N3O5. The number of rotatable bonds is 5. The number of fused-ring (bicyclic) bond motifs is 1. The molecular weight excluding hydrogens is 350 g/mol. The number of esters is 1. The number of benzene rings is 1. The summed E-state index contributed by atoms with van der Waals surface area (Å²) in [6, 6.07) is 8.02. The van der Waals surface area contributed by atoms with Crippen LogP contribution in [-0.4, -0.2) is 40.9 Å². The fourth-order valence-electron chi connectivity index (χ4n) is 3.28. The van der Waals surface area contributed by atoms with Crippen LogP contribution in [0.3, 0.4) is 0 Å². The van der Waals surface area contributed by atoms with E-state index in [-0.39, 0.29) is 23.8 Å². The van der Waals surface area contributed by atoms with E-state index in [1.54, 1.807) is 0 Å². The summed E-state index contributed by atoms with van der Waals surface area (Å²) in [7, 11) is 1.25. The number of amides is 3. The molecule has 1 aliphatic heterocycles. The number of ether oxygens (including phenoxy) is 1. The van der Waals surface area contributed by atoms with Crippen LogP contribution in [0.1, 0.15) is 21.7 Å². The zero-order valence-corrected chi connectivity index (χ0v) is 14.5. The highest BCUT2D eigenvalue weighted by atomic mass is 16.5. The number of carbonyl (C=O) groups excluding carboxylic acids is 3. The number of imide groups is 1. The third-order valence-electron chi connectivity index (χ3n) is 4.66. The number of furan rings is 1. The number of aromatic nitrogens is 1. The van der Waals surface area contributed by atoms with E-state index in [1.165, 1.54) is 19.4 Å². The second-order valence-electron chi connectivity index (χ2n) is 6.24. The lowest BCUT2D eigenvalue weighted by atomic mass is 10.1. The highest BCUT2D eigenvalue weighted by molar-refractivity contribution is 6.04. The van der Waals surface area contributed by atoms with E-state index in [9.17, 15) is 14.4 Å². The Kier molecular flexibility index (Phi) is 4.15. The summed E-state index contributed by atoms with van der Waals surface area (Å²) in [4.78, 5) is 41.0. The maximum absolute atomic E-state index is 12.7. The third-order valence-corrected chi connectivity index (χ3v) is 4.66. The molecule has 1 saturated heterocycles. The number of methoxy groups -OCH3 is 1. The van der Waals surface area contributed by atoms with Gasteiger partial charge < -0.3 is 19.5 Å². The summed E-state index contributed by atoms with van der Waals surface area (Å²) in [6.07, 6.45) is 3.53. The maximum Gasteiger partial charge on any atom is 0.341 e. The fourth-order valence-corrected chi connectivity index (χ4v) is 3.28. The van der Waals surface area contributed by atoms with Gasteiger partial charge in [-0.3, -0.25) is 9.69 Å². The number of urea groups is 1. The van der Waals surface area contributed by atoms with Gasteiger partial charge in [0.05, 0.1) is 19.9 Å². The number of nitrogens with zero attached hydrogens (tertiary/aromatic N) is 1. The number of hydrogen-bond donors (Lipinski definition) is 2. The summed E-state index contributed by atoms with van der Waals surface area (Å²) < 4.78 is 9.94. The molecule has 0 aliphatic carbocycles. The van der Waals surface area contributed by atoms with E-state index < -0.39 is 18.0 Å². The van der Waals surface area contributed by atoms with Crippen LogP contribution in [0.2, 0.25) is 0 Å². The van der Waals surface area contributed by atoms with Gasteiger partial charge in [0.15, 0.2) is 0 Å². The SMILES string of the molecule is COC(=O)c1ccoc1CN1C(=O)NC(Cc2c[nH]c3ccccc23)C1=O. The summed E-state index contributed by atoms with van der Waals surface area (Å²) in [5.74, 6) is -0.739. The molecule has 1 fully saturated rings. The van der Waals surface area contributed by atoms with Crippen LogP contribution in [0.4, 0.5) is 4.79 Å². The van der Waals surface area contributed by atoms with E-state index in [0.29, 0.717) is 6.42 Å². The minimum atomic E-state index is -0.673. The molecule has 0 saturated carbocycles. The minimum Gasteiger partial charge on any atom is -0.467 e. The summed E-state index contributed by atoms with van der Waals surface area (Å²) >= 11 is 0. The molecule has 3 aromatic rings. The van der Waals surface area contributed by atoms with Gasteiger partial charge in [0.2, 0.25) is 0 Å². The normalized spacial score (nSPS) is 16.8. The van der Waals surface area contributed by atoms with Crippen LogP contribution < -0.4 is 5.32 Å². The summed E-state index contributed by atoms with van der Waals surface area (Å²) in [6.45, 7) is -0.132. The highest BCUT2D eigenvalue weighted by Crippen LogP contribution is 2.23. The van der Waals surface area contributed by atoms with Gasteiger partial charge in [-0.1, -0.05) is 18.2 Å². The Hall–Kier alpha value is -3.55. The molecule has 4 rings (SSSR count). The van der Waals surface area contributed by atoms with Gasteiger partial charge >= 0.3 is 12.0 Å². The van der Waals surface area contributed by atoms with Crippen molar-refractivity contribution in [1.29, 1.82) is 0 Å². The van der Waals surface area contributed by atoms with Gasteiger partial charge in [-0.2, -0.15) is 0 Å². The van der Waals surface area contributed by atoms with Crippen LogP contribution in [-0.2, 0) is 22.5 Å². The fraction of sp³-hybridized carbons (Fsp3) is 0.211. The van der Waals surface area contributed by atoms with Crippen LogP contribution in [0.5, 0.6) is 0 Å². The maximum atomic E-state index is 12.7. The number of aromatic amines is 1. The molecule has 8 heteroatoms. The molecule has 1 aromatic carbocycles. The van der Waals surface area contributed by atoms with Crippen molar-refractivity contribution in [1.82, 2.24) is 15.2 Å². The van der Waals surface area contributed by atoms with Crippen molar-refractivity contribution in [2.45, 2.75) is 19.0 Å². The zero-order chi connectivity index (χ0) is 19.0. The van der Waals surface area contributed by atoms with E-state index in [0.717, 1.165) is 21.4 Å². The van der Waals surface area contributed by atoms with Crippen LogP contribution in [0.25, 0.3) is 10.9 Å². The van der Waals surface area contributed by atoms with Crippen molar-refractivity contribution in [3.05, 3.63) is 59.7 Å². The second-order valence-corrected chi connectivity index (χ2v) is 6.24. The topological polar surface area (TPSA) is 105 Å². The largest absolute Gasteiger partial charge is 0.467 e. The highest BCUT2D eigenvalue weighted by Gasteiger charge is 2.39. The first-order valence-electron chi connectivity index (χ1n) is 8.40. The molecule has 3 amide bonds. The molecule has 1 unspecified atom stereocenters. The average Bonchev–Trinajstić information content (AvgIpc) is 3.37. The Morgan fingerprint density at radius 3 is 2.89 bits per heavy atom. The summed E-state index contributed by atoms with van der Waals surface area (Å²) in [5.41, 5.74) is 2.11.